The lowest BCUT2D eigenvalue weighted by Gasteiger charge is -2.30. The van der Waals surface area contributed by atoms with Crippen molar-refractivity contribution in [2.75, 3.05) is 6.61 Å². The maximum absolute atomic E-state index is 12.9. The molecule has 0 amide bonds. The number of halogens is 1. The summed E-state index contributed by atoms with van der Waals surface area (Å²) < 4.78 is 7.42. The fraction of sp³-hybridized carbons (Fsp3) is 0.714. The molecule has 5 heteroatoms. The summed E-state index contributed by atoms with van der Waals surface area (Å²) in [7, 11) is 0. The SMILES string of the molecule is CCOC(CC)(CC)C(=O)c1c(Cl)cnn1C(C)C. The highest BCUT2D eigenvalue weighted by atomic mass is 35.5. The molecule has 1 rings (SSSR count). The van der Waals surface area contributed by atoms with Gasteiger partial charge in [0.2, 0.25) is 5.78 Å². The minimum absolute atomic E-state index is 0.0736. The number of aromatic nitrogens is 2. The van der Waals surface area contributed by atoms with Gasteiger partial charge in [-0.3, -0.25) is 9.48 Å². The van der Waals surface area contributed by atoms with Crippen molar-refractivity contribution in [3.05, 3.63) is 16.9 Å². The number of carbonyl (C=O) groups is 1. The third-order valence-corrected chi connectivity index (χ3v) is 3.71. The van der Waals surface area contributed by atoms with E-state index in [9.17, 15) is 4.79 Å². The molecule has 0 unspecified atom stereocenters. The van der Waals surface area contributed by atoms with Crippen LogP contribution in [0.2, 0.25) is 5.02 Å². The van der Waals surface area contributed by atoms with E-state index in [1.807, 2.05) is 34.6 Å². The van der Waals surface area contributed by atoms with Crippen LogP contribution in [-0.4, -0.2) is 27.8 Å². The second-order valence-corrected chi connectivity index (χ2v) is 5.25. The summed E-state index contributed by atoms with van der Waals surface area (Å²) in [5.74, 6) is -0.0736. The molecule has 4 nitrogen and oxygen atoms in total. The first kappa shape index (κ1) is 16.2. The van der Waals surface area contributed by atoms with Gasteiger partial charge in [-0.1, -0.05) is 25.4 Å². The molecule has 0 spiro atoms. The van der Waals surface area contributed by atoms with E-state index >= 15 is 0 Å². The van der Waals surface area contributed by atoms with Crippen molar-refractivity contribution in [2.24, 2.45) is 0 Å². The molecule has 0 bridgehead atoms. The zero-order valence-corrected chi connectivity index (χ0v) is 13.1. The highest BCUT2D eigenvalue weighted by Gasteiger charge is 2.39. The van der Waals surface area contributed by atoms with Gasteiger partial charge in [0.15, 0.2) is 0 Å². The van der Waals surface area contributed by atoms with Gasteiger partial charge in [-0.05, 0) is 33.6 Å². The monoisotopic (exact) mass is 286 g/mol. The summed E-state index contributed by atoms with van der Waals surface area (Å²) in [5.41, 5.74) is -0.348. The molecule has 1 aromatic heterocycles. The smallest absolute Gasteiger partial charge is 0.214 e. The molecule has 108 valence electrons. The average Bonchev–Trinajstić information content (AvgIpc) is 2.77. The Balaban J connectivity index is 3.27. The van der Waals surface area contributed by atoms with E-state index < -0.39 is 5.60 Å². The Labute approximate surface area is 120 Å². The molecular weight excluding hydrogens is 264 g/mol. The zero-order valence-electron chi connectivity index (χ0n) is 12.4. The molecule has 0 aliphatic rings. The molecule has 0 radical (unpaired) electrons. The standard InChI is InChI=1S/C14H23ClN2O2/c1-6-14(7-2,19-8-3)13(18)12-11(15)9-16-17(12)10(4)5/h9-10H,6-8H2,1-5H3. The molecule has 0 saturated carbocycles. The molecule has 1 aromatic rings. The van der Waals surface area contributed by atoms with Gasteiger partial charge in [0.25, 0.3) is 0 Å². The Kier molecular flexibility index (Phi) is 5.56. The second-order valence-electron chi connectivity index (χ2n) is 4.84. The maximum atomic E-state index is 12.9. The van der Waals surface area contributed by atoms with Crippen LogP contribution in [-0.2, 0) is 4.74 Å². The van der Waals surface area contributed by atoms with Crippen LogP contribution in [0.5, 0.6) is 0 Å². The van der Waals surface area contributed by atoms with Crippen molar-refractivity contribution in [1.82, 2.24) is 9.78 Å². The lowest BCUT2D eigenvalue weighted by molar-refractivity contribution is -0.0257. The molecular formula is C14H23ClN2O2. The third-order valence-electron chi connectivity index (χ3n) is 3.43. The molecule has 0 saturated heterocycles. The van der Waals surface area contributed by atoms with Crippen molar-refractivity contribution in [1.29, 1.82) is 0 Å². The van der Waals surface area contributed by atoms with Gasteiger partial charge in [0.05, 0.1) is 11.2 Å². The normalized spacial score (nSPS) is 12.2. The summed E-state index contributed by atoms with van der Waals surface area (Å²) in [6, 6.07) is 0.0829. The van der Waals surface area contributed by atoms with Gasteiger partial charge < -0.3 is 4.74 Å². The highest BCUT2D eigenvalue weighted by Crippen LogP contribution is 2.30. The summed E-state index contributed by atoms with van der Waals surface area (Å²) in [5, 5.41) is 4.58. The van der Waals surface area contributed by atoms with Gasteiger partial charge in [-0.25, -0.2) is 0 Å². The number of Topliss-reactive ketones (excluding diaryl/α,β-unsaturated/α-hetero) is 1. The largest absolute Gasteiger partial charge is 0.367 e. The van der Waals surface area contributed by atoms with Crippen molar-refractivity contribution < 1.29 is 9.53 Å². The molecule has 0 N–H and O–H groups in total. The summed E-state index contributed by atoms with van der Waals surface area (Å²) in [4.78, 5) is 12.9. The first-order valence-corrected chi connectivity index (χ1v) is 7.23. The van der Waals surface area contributed by atoms with Crippen LogP contribution in [0.15, 0.2) is 6.20 Å². The van der Waals surface area contributed by atoms with Crippen LogP contribution < -0.4 is 0 Å². The Bertz CT molecular complexity index is 437. The molecule has 0 aromatic carbocycles. The van der Waals surface area contributed by atoms with E-state index in [0.29, 0.717) is 30.2 Å². The zero-order chi connectivity index (χ0) is 14.6. The number of ketones is 1. The van der Waals surface area contributed by atoms with Gasteiger partial charge in [-0.15, -0.1) is 0 Å². The first-order valence-electron chi connectivity index (χ1n) is 6.85. The first-order chi connectivity index (χ1) is 8.93. The maximum Gasteiger partial charge on any atom is 0.214 e. The van der Waals surface area contributed by atoms with Crippen LogP contribution in [0.25, 0.3) is 0 Å². The summed E-state index contributed by atoms with van der Waals surface area (Å²) in [6.07, 6.45) is 2.77. The fourth-order valence-electron chi connectivity index (χ4n) is 2.28. The van der Waals surface area contributed by atoms with Crippen LogP contribution in [0.1, 0.15) is 64.0 Å². The van der Waals surface area contributed by atoms with E-state index in [2.05, 4.69) is 5.10 Å². The molecule has 1 heterocycles. The minimum atomic E-state index is -0.801. The number of hydrogen-bond acceptors (Lipinski definition) is 3. The van der Waals surface area contributed by atoms with Crippen LogP contribution in [0.4, 0.5) is 0 Å². The summed E-state index contributed by atoms with van der Waals surface area (Å²) >= 11 is 6.14. The van der Waals surface area contributed by atoms with E-state index in [1.165, 1.54) is 6.20 Å². The average molecular weight is 287 g/mol. The van der Waals surface area contributed by atoms with Crippen molar-refractivity contribution in [3.8, 4) is 0 Å². The Morgan fingerprint density at radius 3 is 2.42 bits per heavy atom. The molecule has 0 aliphatic carbocycles. The van der Waals surface area contributed by atoms with Crippen LogP contribution >= 0.6 is 11.6 Å². The molecule has 0 fully saturated rings. The predicted octanol–water partition coefficient (Wildman–Crippen LogP) is 3.90. The Morgan fingerprint density at radius 2 is 2.00 bits per heavy atom. The van der Waals surface area contributed by atoms with Gasteiger partial charge in [0.1, 0.15) is 11.3 Å². The second kappa shape index (κ2) is 6.53. The number of nitrogens with zero attached hydrogens (tertiary/aromatic N) is 2. The van der Waals surface area contributed by atoms with Crippen molar-refractivity contribution in [2.45, 2.75) is 59.1 Å². The Hall–Kier alpha value is -0.870. The molecule has 0 aliphatic heterocycles. The number of hydrogen-bond donors (Lipinski definition) is 0. The van der Waals surface area contributed by atoms with Crippen LogP contribution in [0, 0.1) is 0 Å². The van der Waals surface area contributed by atoms with E-state index in [-0.39, 0.29) is 11.8 Å². The van der Waals surface area contributed by atoms with Gasteiger partial charge >= 0.3 is 0 Å². The third kappa shape index (κ3) is 3.00. The highest BCUT2D eigenvalue weighted by molar-refractivity contribution is 6.34. The lowest BCUT2D eigenvalue weighted by Crippen LogP contribution is -2.42. The summed E-state index contributed by atoms with van der Waals surface area (Å²) in [6.45, 7) is 10.3. The molecule has 0 atom stereocenters. The number of carbonyl (C=O) groups excluding carboxylic acids is 1. The molecule has 19 heavy (non-hydrogen) atoms. The number of rotatable bonds is 7. The van der Waals surface area contributed by atoms with Gasteiger partial charge in [-0.2, -0.15) is 5.10 Å². The predicted molar refractivity (Wildman–Crippen MR) is 76.9 cm³/mol. The topological polar surface area (TPSA) is 44.1 Å². The van der Waals surface area contributed by atoms with Crippen LogP contribution in [0.3, 0.4) is 0 Å². The number of ether oxygens (including phenoxy) is 1. The fourth-order valence-corrected chi connectivity index (χ4v) is 2.49. The quantitative estimate of drug-likeness (QED) is 0.714. The van der Waals surface area contributed by atoms with E-state index in [0.717, 1.165) is 0 Å². The Morgan fingerprint density at radius 1 is 1.42 bits per heavy atom. The van der Waals surface area contributed by atoms with E-state index in [1.54, 1.807) is 4.68 Å². The van der Waals surface area contributed by atoms with E-state index in [4.69, 9.17) is 16.3 Å². The van der Waals surface area contributed by atoms with Crippen molar-refractivity contribution >= 4 is 17.4 Å². The lowest BCUT2D eigenvalue weighted by atomic mass is 9.89. The van der Waals surface area contributed by atoms with Crippen molar-refractivity contribution in [3.63, 3.8) is 0 Å². The minimum Gasteiger partial charge on any atom is -0.367 e. The van der Waals surface area contributed by atoms with Gasteiger partial charge in [0, 0.05) is 12.6 Å².